The van der Waals surface area contributed by atoms with Crippen molar-refractivity contribution < 1.29 is 0 Å². The van der Waals surface area contributed by atoms with Gasteiger partial charge in [-0.3, -0.25) is 5.10 Å². The van der Waals surface area contributed by atoms with E-state index >= 15 is 0 Å². The van der Waals surface area contributed by atoms with E-state index in [1.807, 2.05) is 0 Å². The Hall–Kier alpha value is -1.42. The Kier molecular flexibility index (Phi) is 3.97. The van der Waals surface area contributed by atoms with Crippen LogP contribution >= 0.6 is 12.2 Å². The van der Waals surface area contributed by atoms with Gasteiger partial charge in [0.2, 0.25) is 0 Å². The summed E-state index contributed by atoms with van der Waals surface area (Å²) >= 11 is 5.28. The molecule has 0 saturated carbocycles. The molecule has 2 aromatic rings. The lowest BCUT2D eigenvalue weighted by atomic mass is 10.1. The van der Waals surface area contributed by atoms with Gasteiger partial charge in [0.15, 0.2) is 4.77 Å². The van der Waals surface area contributed by atoms with E-state index in [-0.39, 0.29) is 0 Å². The summed E-state index contributed by atoms with van der Waals surface area (Å²) in [5.74, 6) is 1.42. The Morgan fingerprint density at radius 1 is 1.39 bits per heavy atom. The van der Waals surface area contributed by atoms with Gasteiger partial charge in [-0.05, 0) is 31.1 Å². The molecule has 1 heterocycles. The van der Waals surface area contributed by atoms with Crippen molar-refractivity contribution in [3.05, 3.63) is 46.0 Å². The molecule has 0 bridgehead atoms. The Morgan fingerprint density at radius 2 is 2.17 bits per heavy atom. The van der Waals surface area contributed by atoms with E-state index in [4.69, 9.17) is 12.2 Å². The Bertz CT molecular complexity index is 581. The molecule has 0 unspecified atom stereocenters. The largest absolute Gasteiger partial charge is 0.304 e. The molecule has 0 atom stereocenters. The Balaban J connectivity index is 2.15. The average molecular weight is 261 g/mol. The van der Waals surface area contributed by atoms with Crippen LogP contribution < -0.4 is 0 Å². The second-order valence-corrected chi connectivity index (χ2v) is 5.32. The van der Waals surface area contributed by atoms with Gasteiger partial charge in [0.25, 0.3) is 0 Å². The lowest BCUT2D eigenvalue weighted by Gasteiger charge is -2.09. The minimum atomic E-state index is 0.385. The zero-order valence-electron chi connectivity index (χ0n) is 11.1. The number of rotatable bonds is 4. The molecule has 0 aliphatic heterocycles. The summed E-state index contributed by atoms with van der Waals surface area (Å²) in [6, 6.07) is 8.60. The van der Waals surface area contributed by atoms with Gasteiger partial charge in [-0.2, -0.15) is 5.10 Å². The summed E-state index contributed by atoms with van der Waals surface area (Å²) in [4.78, 5) is 0. The lowest BCUT2D eigenvalue weighted by molar-refractivity contribution is 0.614. The van der Waals surface area contributed by atoms with Gasteiger partial charge in [-0.25, -0.2) is 0 Å². The highest BCUT2D eigenvalue weighted by Crippen LogP contribution is 2.13. The molecule has 0 amide bonds. The average Bonchev–Trinajstić information content (AvgIpc) is 2.68. The van der Waals surface area contributed by atoms with Crippen molar-refractivity contribution in [2.24, 2.45) is 0 Å². The molecule has 1 aromatic carbocycles. The van der Waals surface area contributed by atoms with Crippen molar-refractivity contribution >= 4 is 12.2 Å². The van der Waals surface area contributed by atoms with Gasteiger partial charge < -0.3 is 4.57 Å². The van der Waals surface area contributed by atoms with Crippen LogP contribution in [0.25, 0.3) is 0 Å². The maximum absolute atomic E-state index is 5.28. The van der Waals surface area contributed by atoms with Gasteiger partial charge in [-0.15, -0.1) is 0 Å². The number of aromatic amines is 1. The molecule has 1 N–H and O–H groups in total. The minimum absolute atomic E-state index is 0.385. The zero-order chi connectivity index (χ0) is 13.1. The van der Waals surface area contributed by atoms with Crippen LogP contribution in [0.3, 0.4) is 0 Å². The van der Waals surface area contributed by atoms with Crippen molar-refractivity contribution in [1.82, 2.24) is 14.8 Å². The first-order valence-corrected chi connectivity index (χ1v) is 6.69. The number of aromatic nitrogens is 3. The number of hydrogen-bond acceptors (Lipinski definition) is 2. The van der Waals surface area contributed by atoms with Crippen molar-refractivity contribution in [3.8, 4) is 0 Å². The monoisotopic (exact) mass is 261 g/mol. The predicted molar refractivity (Wildman–Crippen MR) is 76.4 cm³/mol. The van der Waals surface area contributed by atoms with Crippen LogP contribution in [-0.4, -0.2) is 14.8 Å². The lowest BCUT2D eigenvalue weighted by Crippen LogP contribution is -2.08. The third-order valence-electron chi connectivity index (χ3n) is 3.01. The van der Waals surface area contributed by atoms with Crippen LogP contribution in [0.5, 0.6) is 0 Å². The SMILES string of the molecule is Cc1cccc(CCn2c(C(C)C)n[nH]c2=S)c1. The number of aryl methyl sites for hydroxylation is 2. The third kappa shape index (κ3) is 2.88. The van der Waals surface area contributed by atoms with E-state index in [2.05, 4.69) is 59.8 Å². The first kappa shape index (κ1) is 13.0. The molecule has 3 nitrogen and oxygen atoms in total. The number of hydrogen-bond donors (Lipinski definition) is 1. The zero-order valence-corrected chi connectivity index (χ0v) is 11.9. The molecule has 2 rings (SSSR count). The molecule has 0 aliphatic carbocycles. The fraction of sp³-hybridized carbons (Fsp3) is 0.429. The minimum Gasteiger partial charge on any atom is -0.304 e. The fourth-order valence-electron chi connectivity index (χ4n) is 2.10. The van der Waals surface area contributed by atoms with Crippen molar-refractivity contribution in [1.29, 1.82) is 0 Å². The van der Waals surface area contributed by atoms with Crippen LogP contribution in [0.1, 0.15) is 36.7 Å². The molecule has 0 saturated heterocycles. The highest BCUT2D eigenvalue weighted by atomic mass is 32.1. The van der Waals surface area contributed by atoms with Gasteiger partial charge in [0.1, 0.15) is 5.82 Å². The highest BCUT2D eigenvalue weighted by molar-refractivity contribution is 7.71. The van der Waals surface area contributed by atoms with Gasteiger partial charge in [0.05, 0.1) is 0 Å². The summed E-state index contributed by atoms with van der Waals surface area (Å²) in [5, 5.41) is 7.17. The highest BCUT2D eigenvalue weighted by Gasteiger charge is 2.09. The summed E-state index contributed by atoms with van der Waals surface area (Å²) in [6.45, 7) is 7.26. The molecule has 96 valence electrons. The molecule has 0 aliphatic rings. The summed E-state index contributed by atoms with van der Waals surface area (Å²) in [6.07, 6.45) is 0.981. The maximum atomic E-state index is 5.28. The molecule has 4 heteroatoms. The second kappa shape index (κ2) is 5.48. The van der Waals surface area contributed by atoms with E-state index in [1.54, 1.807) is 0 Å². The van der Waals surface area contributed by atoms with E-state index in [9.17, 15) is 0 Å². The summed E-state index contributed by atoms with van der Waals surface area (Å²) in [5.41, 5.74) is 2.64. The number of nitrogens with one attached hydrogen (secondary N) is 1. The predicted octanol–water partition coefficient (Wildman–Crippen LogP) is 3.62. The van der Waals surface area contributed by atoms with Gasteiger partial charge in [-0.1, -0.05) is 43.7 Å². The molecule has 1 aromatic heterocycles. The van der Waals surface area contributed by atoms with Crippen molar-refractivity contribution in [2.75, 3.05) is 0 Å². The van der Waals surface area contributed by atoms with Crippen LogP contribution in [0.4, 0.5) is 0 Å². The summed E-state index contributed by atoms with van der Waals surface area (Å²) in [7, 11) is 0. The maximum Gasteiger partial charge on any atom is 0.195 e. The third-order valence-corrected chi connectivity index (χ3v) is 3.32. The molecule has 0 fully saturated rings. The normalized spacial score (nSPS) is 11.1. The van der Waals surface area contributed by atoms with Gasteiger partial charge >= 0.3 is 0 Å². The molecule has 18 heavy (non-hydrogen) atoms. The first-order valence-electron chi connectivity index (χ1n) is 6.28. The molecule has 0 radical (unpaired) electrons. The van der Waals surface area contributed by atoms with Crippen molar-refractivity contribution in [2.45, 2.75) is 39.7 Å². The van der Waals surface area contributed by atoms with Crippen LogP contribution in [0.15, 0.2) is 24.3 Å². The van der Waals surface area contributed by atoms with E-state index in [1.165, 1.54) is 11.1 Å². The first-order chi connectivity index (χ1) is 8.58. The standard InChI is InChI=1S/C14H19N3S/c1-10(2)13-15-16-14(18)17(13)8-7-12-6-4-5-11(3)9-12/h4-6,9-10H,7-8H2,1-3H3,(H,16,18). The Morgan fingerprint density at radius 3 is 2.83 bits per heavy atom. The van der Waals surface area contributed by atoms with Crippen LogP contribution in [-0.2, 0) is 13.0 Å². The fourth-order valence-corrected chi connectivity index (χ4v) is 2.33. The number of H-pyrrole nitrogens is 1. The van der Waals surface area contributed by atoms with E-state index in [0.29, 0.717) is 10.7 Å². The summed E-state index contributed by atoms with van der Waals surface area (Å²) < 4.78 is 2.81. The number of benzene rings is 1. The molecule has 0 spiro atoms. The smallest absolute Gasteiger partial charge is 0.195 e. The topological polar surface area (TPSA) is 33.6 Å². The molecular formula is C14H19N3S. The van der Waals surface area contributed by atoms with Crippen LogP contribution in [0.2, 0.25) is 0 Å². The molecular weight excluding hydrogens is 242 g/mol. The van der Waals surface area contributed by atoms with Crippen LogP contribution in [0, 0.1) is 11.7 Å². The van der Waals surface area contributed by atoms with E-state index < -0.39 is 0 Å². The quantitative estimate of drug-likeness (QED) is 0.853. The van der Waals surface area contributed by atoms with E-state index in [0.717, 1.165) is 18.8 Å². The Labute approximate surface area is 113 Å². The van der Waals surface area contributed by atoms with Gasteiger partial charge in [0, 0.05) is 12.5 Å². The second-order valence-electron chi connectivity index (χ2n) is 4.93. The van der Waals surface area contributed by atoms with Crippen molar-refractivity contribution in [3.63, 3.8) is 0 Å². The number of nitrogens with zero attached hydrogens (tertiary/aromatic N) is 2.